The molecule has 0 aliphatic heterocycles. The van der Waals surface area contributed by atoms with Crippen molar-refractivity contribution in [2.75, 3.05) is 11.9 Å². The summed E-state index contributed by atoms with van der Waals surface area (Å²) in [5.74, 6) is 0.983. The molecule has 0 saturated heterocycles. The molecule has 0 fully saturated rings. The Hall–Kier alpha value is -2.33. The Bertz CT molecular complexity index is 876. The van der Waals surface area contributed by atoms with Crippen molar-refractivity contribution >= 4 is 38.7 Å². The van der Waals surface area contributed by atoms with Crippen LogP contribution in [0.4, 0.5) is 11.5 Å². The minimum atomic E-state index is 0.983. The van der Waals surface area contributed by atoms with Crippen molar-refractivity contribution in [3.63, 3.8) is 0 Å². The minimum Gasteiger partial charge on any atom is -0.328 e. The van der Waals surface area contributed by atoms with Gasteiger partial charge in [0, 0.05) is 18.9 Å². The van der Waals surface area contributed by atoms with Gasteiger partial charge >= 0.3 is 0 Å². The van der Waals surface area contributed by atoms with E-state index in [2.05, 4.69) is 58.3 Å². The quantitative estimate of drug-likeness (QED) is 0.545. The van der Waals surface area contributed by atoms with E-state index in [1.54, 1.807) is 11.3 Å². The summed E-state index contributed by atoms with van der Waals surface area (Å²) in [6.07, 6.45) is 2.09. The predicted octanol–water partition coefficient (Wildman–Crippen LogP) is 4.32. The summed E-state index contributed by atoms with van der Waals surface area (Å²) in [6.45, 7) is 0. The standard InChI is InChI=1S/C16H13N3S/c1-18(12-6-3-2-4-7-12)15-13-8-5-10-19(13)14-9-11-20-16(14)17-15/h2-11H,1H3. The van der Waals surface area contributed by atoms with Crippen LogP contribution in [-0.4, -0.2) is 16.4 Å². The predicted molar refractivity (Wildman–Crippen MR) is 85.1 cm³/mol. The number of para-hydroxylation sites is 1. The highest BCUT2D eigenvalue weighted by molar-refractivity contribution is 7.16. The molecule has 98 valence electrons. The Labute approximate surface area is 120 Å². The van der Waals surface area contributed by atoms with Crippen LogP contribution >= 0.6 is 11.3 Å². The molecule has 4 heteroatoms. The molecule has 0 saturated carbocycles. The first-order valence-electron chi connectivity index (χ1n) is 6.47. The molecule has 4 rings (SSSR count). The average Bonchev–Trinajstić information content (AvgIpc) is 3.14. The summed E-state index contributed by atoms with van der Waals surface area (Å²) < 4.78 is 2.20. The number of anilines is 2. The van der Waals surface area contributed by atoms with Gasteiger partial charge in [0.25, 0.3) is 0 Å². The average molecular weight is 279 g/mol. The van der Waals surface area contributed by atoms with Gasteiger partial charge in [-0.15, -0.1) is 11.3 Å². The zero-order valence-corrected chi connectivity index (χ0v) is 11.8. The van der Waals surface area contributed by atoms with Crippen molar-refractivity contribution in [1.29, 1.82) is 0 Å². The lowest BCUT2D eigenvalue weighted by atomic mass is 10.3. The van der Waals surface area contributed by atoms with Crippen molar-refractivity contribution in [3.05, 3.63) is 60.1 Å². The second-order valence-electron chi connectivity index (χ2n) is 4.70. The molecule has 20 heavy (non-hydrogen) atoms. The van der Waals surface area contributed by atoms with Crippen molar-refractivity contribution in [3.8, 4) is 0 Å². The zero-order chi connectivity index (χ0) is 13.5. The second-order valence-corrected chi connectivity index (χ2v) is 5.60. The Morgan fingerprint density at radius 3 is 2.70 bits per heavy atom. The van der Waals surface area contributed by atoms with Crippen LogP contribution in [0.5, 0.6) is 0 Å². The molecule has 0 unspecified atom stereocenters. The SMILES string of the molecule is CN(c1ccccc1)c1nc2sccc2n2cccc12. The molecule has 0 aliphatic carbocycles. The number of benzene rings is 1. The molecule has 4 aromatic rings. The van der Waals surface area contributed by atoms with E-state index < -0.39 is 0 Å². The second kappa shape index (κ2) is 4.35. The molecule has 3 aromatic heterocycles. The minimum absolute atomic E-state index is 0.983. The van der Waals surface area contributed by atoms with Gasteiger partial charge < -0.3 is 9.30 Å². The Balaban J connectivity index is 1.99. The van der Waals surface area contributed by atoms with Gasteiger partial charge in [-0.25, -0.2) is 4.98 Å². The maximum absolute atomic E-state index is 4.84. The Kier molecular flexibility index (Phi) is 2.50. The smallest absolute Gasteiger partial charge is 0.158 e. The van der Waals surface area contributed by atoms with Crippen LogP contribution in [0.3, 0.4) is 0 Å². The van der Waals surface area contributed by atoms with Crippen molar-refractivity contribution in [2.45, 2.75) is 0 Å². The molecule has 0 atom stereocenters. The van der Waals surface area contributed by atoms with Crippen molar-refractivity contribution in [1.82, 2.24) is 9.38 Å². The number of thiophene rings is 1. The first kappa shape index (κ1) is 11.5. The fraction of sp³-hybridized carbons (Fsp3) is 0.0625. The van der Waals surface area contributed by atoms with Crippen LogP contribution in [0.15, 0.2) is 60.1 Å². The van der Waals surface area contributed by atoms with Gasteiger partial charge in [0.2, 0.25) is 0 Å². The van der Waals surface area contributed by atoms with E-state index in [9.17, 15) is 0 Å². The van der Waals surface area contributed by atoms with Gasteiger partial charge in [0.05, 0.1) is 11.0 Å². The molecular weight excluding hydrogens is 266 g/mol. The first-order valence-corrected chi connectivity index (χ1v) is 7.35. The summed E-state index contributed by atoms with van der Waals surface area (Å²) in [5, 5.41) is 2.09. The van der Waals surface area contributed by atoms with Gasteiger partial charge in [-0.2, -0.15) is 0 Å². The Morgan fingerprint density at radius 2 is 1.85 bits per heavy atom. The maximum atomic E-state index is 4.84. The lowest BCUT2D eigenvalue weighted by molar-refractivity contribution is 1.13. The molecule has 0 N–H and O–H groups in total. The van der Waals surface area contributed by atoms with E-state index in [4.69, 9.17) is 4.98 Å². The zero-order valence-electron chi connectivity index (χ0n) is 11.0. The molecular formula is C16H13N3S. The topological polar surface area (TPSA) is 20.5 Å². The third kappa shape index (κ3) is 1.62. The highest BCUT2D eigenvalue weighted by Crippen LogP contribution is 2.30. The van der Waals surface area contributed by atoms with Crippen LogP contribution in [-0.2, 0) is 0 Å². The lowest BCUT2D eigenvalue weighted by Crippen LogP contribution is -2.12. The third-order valence-corrected chi connectivity index (χ3v) is 4.33. The number of hydrogen-bond donors (Lipinski definition) is 0. The number of rotatable bonds is 2. The van der Waals surface area contributed by atoms with E-state index in [-0.39, 0.29) is 0 Å². The van der Waals surface area contributed by atoms with Crippen LogP contribution in [0.2, 0.25) is 0 Å². The highest BCUT2D eigenvalue weighted by atomic mass is 32.1. The fourth-order valence-corrected chi connectivity index (χ4v) is 3.26. The van der Waals surface area contributed by atoms with Crippen LogP contribution in [0.1, 0.15) is 0 Å². The number of nitrogens with zero attached hydrogens (tertiary/aromatic N) is 3. The summed E-state index contributed by atoms with van der Waals surface area (Å²) >= 11 is 1.67. The van der Waals surface area contributed by atoms with Crippen LogP contribution in [0, 0.1) is 0 Å². The van der Waals surface area contributed by atoms with E-state index in [0.29, 0.717) is 0 Å². The van der Waals surface area contributed by atoms with Crippen molar-refractivity contribution in [2.24, 2.45) is 0 Å². The fourth-order valence-electron chi connectivity index (χ4n) is 2.51. The number of hydrogen-bond acceptors (Lipinski definition) is 3. The van der Waals surface area contributed by atoms with Gasteiger partial charge in [0.15, 0.2) is 5.82 Å². The summed E-state index contributed by atoms with van der Waals surface area (Å²) in [4.78, 5) is 8.03. The van der Waals surface area contributed by atoms with E-state index in [0.717, 1.165) is 21.9 Å². The van der Waals surface area contributed by atoms with E-state index in [1.165, 1.54) is 5.52 Å². The largest absolute Gasteiger partial charge is 0.328 e. The molecule has 0 amide bonds. The number of fused-ring (bicyclic) bond motifs is 3. The molecule has 3 heterocycles. The summed E-state index contributed by atoms with van der Waals surface area (Å²) in [5.41, 5.74) is 3.43. The van der Waals surface area contributed by atoms with Gasteiger partial charge in [-0.3, -0.25) is 0 Å². The summed E-state index contributed by atoms with van der Waals surface area (Å²) in [7, 11) is 2.06. The maximum Gasteiger partial charge on any atom is 0.158 e. The first-order chi connectivity index (χ1) is 9.84. The van der Waals surface area contributed by atoms with E-state index >= 15 is 0 Å². The molecule has 3 nitrogen and oxygen atoms in total. The van der Waals surface area contributed by atoms with E-state index in [1.807, 2.05) is 18.2 Å². The highest BCUT2D eigenvalue weighted by Gasteiger charge is 2.13. The van der Waals surface area contributed by atoms with Crippen LogP contribution < -0.4 is 4.90 Å². The molecule has 0 spiro atoms. The summed E-state index contributed by atoms with van der Waals surface area (Å²) in [6, 6.07) is 16.6. The van der Waals surface area contributed by atoms with Gasteiger partial charge in [-0.1, -0.05) is 18.2 Å². The van der Waals surface area contributed by atoms with Crippen molar-refractivity contribution < 1.29 is 0 Å². The number of aromatic nitrogens is 2. The van der Waals surface area contributed by atoms with Gasteiger partial charge in [-0.05, 0) is 35.7 Å². The third-order valence-electron chi connectivity index (χ3n) is 3.53. The molecule has 0 bridgehead atoms. The lowest BCUT2D eigenvalue weighted by Gasteiger charge is -2.19. The monoisotopic (exact) mass is 279 g/mol. The molecule has 0 aliphatic rings. The molecule has 0 radical (unpaired) electrons. The Morgan fingerprint density at radius 1 is 1.00 bits per heavy atom. The van der Waals surface area contributed by atoms with Crippen LogP contribution in [0.25, 0.3) is 15.9 Å². The normalized spacial score (nSPS) is 11.2. The van der Waals surface area contributed by atoms with Gasteiger partial charge in [0.1, 0.15) is 4.83 Å². The molecule has 1 aromatic carbocycles.